The number of nitrogens with one attached hydrogen (secondary N) is 2. The maximum Gasteiger partial charge on any atom is 0.222 e. The average Bonchev–Trinajstić information content (AvgIpc) is 2.20. The van der Waals surface area contributed by atoms with Crippen molar-refractivity contribution in [3.8, 4) is 0 Å². The van der Waals surface area contributed by atoms with Gasteiger partial charge in [-0.15, -0.1) is 0 Å². The lowest BCUT2D eigenvalue weighted by molar-refractivity contribution is -0.122. The highest BCUT2D eigenvalue weighted by atomic mass is 16.5. The number of rotatable bonds is 5. The topological polar surface area (TPSA) is 50.4 Å². The van der Waals surface area contributed by atoms with Gasteiger partial charge in [0.25, 0.3) is 0 Å². The van der Waals surface area contributed by atoms with E-state index < -0.39 is 0 Å². The number of amides is 1. The largest absolute Gasteiger partial charge is 0.376 e. The molecule has 0 radical (unpaired) electrons. The summed E-state index contributed by atoms with van der Waals surface area (Å²) in [5.41, 5.74) is 0. The molecular weight excluding hydrogens is 180 g/mol. The predicted octanol–water partition coefficient (Wildman–Crippen LogP) is 0.281. The molecule has 0 unspecified atom stereocenters. The van der Waals surface area contributed by atoms with E-state index in [-0.39, 0.29) is 5.91 Å². The van der Waals surface area contributed by atoms with Gasteiger partial charge < -0.3 is 15.4 Å². The van der Waals surface area contributed by atoms with Crippen LogP contribution in [0.3, 0.4) is 0 Å². The second-order valence-corrected chi connectivity index (χ2v) is 3.54. The highest BCUT2D eigenvalue weighted by Gasteiger charge is 2.13. The van der Waals surface area contributed by atoms with Gasteiger partial charge in [-0.3, -0.25) is 4.79 Å². The van der Waals surface area contributed by atoms with Gasteiger partial charge in [0.1, 0.15) is 0 Å². The van der Waals surface area contributed by atoms with Crippen LogP contribution in [0.4, 0.5) is 0 Å². The first kappa shape index (κ1) is 11.5. The van der Waals surface area contributed by atoms with E-state index in [4.69, 9.17) is 4.74 Å². The van der Waals surface area contributed by atoms with Crippen molar-refractivity contribution in [2.24, 2.45) is 0 Å². The summed E-state index contributed by atoms with van der Waals surface area (Å²) in [4.78, 5) is 11.1. The van der Waals surface area contributed by atoms with E-state index in [9.17, 15) is 4.79 Å². The monoisotopic (exact) mass is 200 g/mol. The van der Waals surface area contributed by atoms with Gasteiger partial charge in [-0.1, -0.05) is 0 Å². The molecule has 0 aliphatic carbocycles. The SMILES string of the molecule is CCNC(=O)CCO[C@H]1CCCNC1. The Balaban J connectivity index is 1.99. The molecule has 1 fully saturated rings. The summed E-state index contributed by atoms with van der Waals surface area (Å²) in [5, 5.41) is 6.02. The Morgan fingerprint density at radius 1 is 1.64 bits per heavy atom. The summed E-state index contributed by atoms with van der Waals surface area (Å²) in [6.07, 6.45) is 3.07. The third-order valence-electron chi connectivity index (χ3n) is 2.31. The Labute approximate surface area is 85.4 Å². The van der Waals surface area contributed by atoms with Crippen LogP contribution >= 0.6 is 0 Å². The summed E-state index contributed by atoms with van der Waals surface area (Å²) in [7, 11) is 0. The van der Waals surface area contributed by atoms with E-state index in [0.29, 0.717) is 25.7 Å². The van der Waals surface area contributed by atoms with Gasteiger partial charge in [-0.05, 0) is 26.3 Å². The highest BCUT2D eigenvalue weighted by molar-refractivity contribution is 5.75. The third-order valence-corrected chi connectivity index (χ3v) is 2.31. The molecule has 1 atom stereocenters. The number of carbonyl (C=O) groups excluding carboxylic acids is 1. The number of carbonyl (C=O) groups is 1. The van der Waals surface area contributed by atoms with Gasteiger partial charge in [-0.2, -0.15) is 0 Å². The Bertz CT molecular complexity index is 168. The fourth-order valence-corrected chi connectivity index (χ4v) is 1.57. The van der Waals surface area contributed by atoms with E-state index in [1.807, 2.05) is 6.92 Å². The van der Waals surface area contributed by atoms with Crippen LogP contribution in [0, 0.1) is 0 Å². The van der Waals surface area contributed by atoms with Crippen LogP contribution in [0.25, 0.3) is 0 Å². The highest BCUT2D eigenvalue weighted by Crippen LogP contribution is 2.05. The first-order valence-corrected chi connectivity index (χ1v) is 5.42. The van der Waals surface area contributed by atoms with Crippen molar-refractivity contribution in [1.82, 2.24) is 10.6 Å². The van der Waals surface area contributed by atoms with Crippen molar-refractivity contribution in [2.45, 2.75) is 32.3 Å². The van der Waals surface area contributed by atoms with Crippen LogP contribution in [0.15, 0.2) is 0 Å². The van der Waals surface area contributed by atoms with Gasteiger partial charge >= 0.3 is 0 Å². The minimum Gasteiger partial charge on any atom is -0.376 e. The van der Waals surface area contributed by atoms with Crippen molar-refractivity contribution in [3.63, 3.8) is 0 Å². The van der Waals surface area contributed by atoms with Crippen LogP contribution in [0.5, 0.6) is 0 Å². The maximum atomic E-state index is 11.1. The number of ether oxygens (including phenoxy) is 1. The lowest BCUT2D eigenvalue weighted by Crippen LogP contribution is -2.36. The van der Waals surface area contributed by atoms with E-state index in [0.717, 1.165) is 19.5 Å². The van der Waals surface area contributed by atoms with Crippen LogP contribution < -0.4 is 10.6 Å². The fourth-order valence-electron chi connectivity index (χ4n) is 1.57. The molecule has 1 rings (SSSR count). The predicted molar refractivity (Wildman–Crippen MR) is 55.1 cm³/mol. The molecule has 14 heavy (non-hydrogen) atoms. The molecule has 1 saturated heterocycles. The first-order chi connectivity index (χ1) is 6.83. The average molecular weight is 200 g/mol. The molecule has 82 valence electrons. The molecular formula is C10H20N2O2. The number of piperidine rings is 1. The van der Waals surface area contributed by atoms with Gasteiger partial charge in [0.05, 0.1) is 12.7 Å². The molecule has 0 aromatic heterocycles. The molecule has 4 nitrogen and oxygen atoms in total. The van der Waals surface area contributed by atoms with Crippen molar-refractivity contribution in [1.29, 1.82) is 0 Å². The van der Waals surface area contributed by atoms with Gasteiger partial charge in [0, 0.05) is 19.5 Å². The molecule has 0 saturated carbocycles. The second-order valence-electron chi connectivity index (χ2n) is 3.54. The van der Waals surface area contributed by atoms with Crippen LogP contribution in [0.2, 0.25) is 0 Å². The summed E-state index contributed by atoms with van der Waals surface area (Å²) >= 11 is 0. The first-order valence-electron chi connectivity index (χ1n) is 5.42. The molecule has 4 heteroatoms. The minimum atomic E-state index is 0.0799. The molecule has 0 bridgehead atoms. The lowest BCUT2D eigenvalue weighted by atomic mass is 10.1. The Morgan fingerprint density at radius 3 is 3.14 bits per heavy atom. The van der Waals surface area contributed by atoms with E-state index >= 15 is 0 Å². The van der Waals surface area contributed by atoms with Gasteiger partial charge in [0.15, 0.2) is 0 Å². The van der Waals surface area contributed by atoms with Gasteiger partial charge in [-0.25, -0.2) is 0 Å². The van der Waals surface area contributed by atoms with E-state index in [1.165, 1.54) is 6.42 Å². The summed E-state index contributed by atoms with van der Waals surface area (Å²) < 4.78 is 5.58. The Morgan fingerprint density at radius 2 is 2.50 bits per heavy atom. The maximum absolute atomic E-state index is 11.1. The Kier molecular flexibility index (Phi) is 5.56. The molecule has 0 aromatic rings. The third kappa shape index (κ3) is 4.58. The van der Waals surface area contributed by atoms with E-state index in [2.05, 4.69) is 10.6 Å². The Hall–Kier alpha value is -0.610. The van der Waals surface area contributed by atoms with Crippen molar-refractivity contribution < 1.29 is 9.53 Å². The smallest absolute Gasteiger partial charge is 0.222 e. The molecule has 1 aliphatic rings. The molecule has 2 N–H and O–H groups in total. The summed E-state index contributed by atoms with van der Waals surface area (Å²) in [6, 6.07) is 0. The normalized spacial score (nSPS) is 21.9. The zero-order valence-electron chi connectivity index (χ0n) is 8.84. The zero-order valence-corrected chi connectivity index (χ0v) is 8.84. The van der Waals surface area contributed by atoms with E-state index in [1.54, 1.807) is 0 Å². The minimum absolute atomic E-state index is 0.0799. The van der Waals surface area contributed by atoms with Gasteiger partial charge in [0.2, 0.25) is 5.91 Å². The van der Waals surface area contributed by atoms with Crippen molar-refractivity contribution in [2.75, 3.05) is 26.2 Å². The number of hydrogen-bond donors (Lipinski definition) is 2. The molecule has 1 heterocycles. The second kappa shape index (κ2) is 6.79. The van der Waals surface area contributed by atoms with Crippen molar-refractivity contribution in [3.05, 3.63) is 0 Å². The molecule has 1 amide bonds. The van der Waals surface area contributed by atoms with Crippen LogP contribution in [0.1, 0.15) is 26.2 Å². The fraction of sp³-hybridized carbons (Fsp3) is 0.900. The van der Waals surface area contributed by atoms with Crippen LogP contribution in [-0.2, 0) is 9.53 Å². The standard InChI is InChI=1S/C10H20N2O2/c1-2-12-10(13)5-7-14-9-4-3-6-11-8-9/h9,11H,2-8H2,1H3,(H,12,13)/t9-/m0/s1. The quantitative estimate of drug-likeness (QED) is 0.670. The molecule has 0 aromatic carbocycles. The molecule has 1 aliphatic heterocycles. The lowest BCUT2D eigenvalue weighted by Gasteiger charge is -2.22. The summed E-state index contributed by atoms with van der Waals surface area (Å²) in [6.45, 7) is 5.18. The molecule has 0 spiro atoms. The van der Waals surface area contributed by atoms with Crippen molar-refractivity contribution >= 4 is 5.91 Å². The number of hydrogen-bond acceptors (Lipinski definition) is 3. The zero-order chi connectivity index (χ0) is 10.2. The van der Waals surface area contributed by atoms with Crippen LogP contribution in [-0.4, -0.2) is 38.3 Å². The summed E-state index contributed by atoms with van der Waals surface area (Å²) in [5.74, 6) is 0.0799.